The number of hydrogen-bond donors (Lipinski definition) is 1. The summed E-state index contributed by atoms with van der Waals surface area (Å²) in [5, 5.41) is 8.93. The number of Topliss-reactive ketones (excluding diaryl/α,β-unsaturated/α-hetero) is 1. The molecular weight excluding hydrogens is 204 g/mol. The van der Waals surface area contributed by atoms with Gasteiger partial charge >= 0.3 is 5.97 Å². The van der Waals surface area contributed by atoms with Gasteiger partial charge in [-0.2, -0.15) is 0 Å². The minimum absolute atomic E-state index is 0.102. The van der Waals surface area contributed by atoms with E-state index in [4.69, 9.17) is 5.11 Å². The lowest BCUT2D eigenvalue weighted by Gasteiger charge is -2.33. The Morgan fingerprint density at radius 3 is 2.44 bits per heavy atom. The van der Waals surface area contributed by atoms with E-state index < -0.39 is 5.97 Å². The summed E-state index contributed by atoms with van der Waals surface area (Å²) in [6.45, 7) is 11.1. The van der Waals surface area contributed by atoms with Crippen LogP contribution in [0.15, 0.2) is 24.3 Å². The molecular formula is C13H18O3. The summed E-state index contributed by atoms with van der Waals surface area (Å²) in [6, 6.07) is 0. The Labute approximate surface area is 95.9 Å². The maximum Gasteiger partial charge on any atom is 0.331 e. The number of aliphatic carboxylic acids is 1. The molecule has 0 amide bonds. The van der Waals surface area contributed by atoms with Crippen LogP contribution < -0.4 is 0 Å². The molecule has 1 saturated carbocycles. The molecule has 1 fully saturated rings. The fourth-order valence-corrected chi connectivity index (χ4v) is 2.23. The fraction of sp³-hybridized carbons (Fsp3) is 0.538. The van der Waals surface area contributed by atoms with Crippen molar-refractivity contribution in [1.82, 2.24) is 0 Å². The minimum atomic E-state index is -1.01. The van der Waals surface area contributed by atoms with Gasteiger partial charge in [-0.05, 0) is 19.3 Å². The lowest BCUT2D eigenvalue weighted by Crippen LogP contribution is -2.34. The van der Waals surface area contributed by atoms with Gasteiger partial charge in [0.1, 0.15) is 5.78 Å². The summed E-state index contributed by atoms with van der Waals surface area (Å²) in [5.41, 5.74) is 1.09. The van der Waals surface area contributed by atoms with Crippen LogP contribution in [0.3, 0.4) is 0 Å². The average molecular weight is 222 g/mol. The topological polar surface area (TPSA) is 54.4 Å². The number of carboxylic acids is 1. The fourth-order valence-electron chi connectivity index (χ4n) is 2.23. The summed E-state index contributed by atoms with van der Waals surface area (Å²) in [7, 11) is 0. The van der Waals surface area contributed by atoms with Crippen LogP contribution in [-0.4, -0.2) is 16.9 Å². The molecule has 1 N–H and O–H groups in total. The van der Waals surface area contributed by atoms with Crippen molar-refractivity contribution in [3.63, 3.8) is 0 Å². The molecule has 1 aliphatic rings. The second kappa shape index (κ2) is 4.64. The van der Waals surface area contributed by atoms with E-state index in [9.17, 15) is 9.59 Å². The molecule has 1 rings (SSSR count). The van der Waals surface area contributed by atoms with Crippen molar-refractivity contribution in [1.29, 1.82) is 0 Å². The Morgan fingerprint density at radius 2 is 2.00 bits per heavy atom. The molecule has 0 aromatic heterocycles. The summed E-state index contributed by atoms with van der Waals surface area (Å²) >= 11 is 0. The highest BCUT2D eigenvalue weighted by Gasteiger charge is 2.37. The number of allylic oxidation sites excluding steroid dienone is 1. The summed E-state index contributed by atoms with van der Waals surface area (Å²) < 4.78 is 0. The second-order valence-electron chi connectivity index (χ2n) is 4.67. The van der Waals surface area contributed by atoms with Crippen LogP contribution in [0.4, 0.5) is 0 Å². The zero-order valence-corrected chi connectivity index (χ0v) is 9.82. The van der Waals surface area contributed by atoms with Gasteiger partial charge in [-0.1, -0.05) is 25.7 Å². The molecule has 0 radical (unpaired) electrons. The smallest absolute Gasteiger partial charge is 0.331 e. The van der Waals surface area contributed by atoms with Crippen molar-refractivity contribution in [3.05, 3.63) is 24.3 Å². The van der Waals surface area contributed by atoms with Gasteiger partial charge < -0.3 is 5.11 Å². The van der Waals surface area contributed by atoms with Gasteiger partial charge in [-0.25, -0.2) is 4.79 Å². The quantitative estimate of drug-likeness (QED) is 0.589. The van der Waals surface area contributed by atoms with E-state index in [-0.39, 0.29) is 29.1 Å². The maximum absolute atomic E-state index is 11.8. The molecule has 3 atom stereocenters. The van der Waals surface area contributed by atoms with Gasteiger partial charge in [0.2, 0.25) is 0 Å². The predicted octanol–water partition coefficient (Wildman–Crippen LogP) is 2.43. The molecule has 0 aliphatic heterocycles. The molecule has 0 aromatic carbocycles. The minimum Gasteiger partial charge on any atom is -0.478 e. The van der Waals surface area contributed by atoms with Crippen LogP contribution in [0.2, 0.25) is 0 Å². The van der Waals surface area contributed by atoms with Gasteiger partial charge in [-0.15, -0.1) is 0 Å². The van der Waals surface area contributed by atoms with Crippen LogP contribution in [-0.2, 0) is 9.59 Å². The molecule has 1 aliphatic carbocycles. The Hall–Kier alpha value is -1.38. The van der Waals surface area contributed by atoms with Crippen LogP contribution in [0.25, 0.3) is 0 Å². The second-order valence-corrected chi connectivity index (χ2v) is 4.67. The van der Waals surface area contributed by atoms with Gasteiger partial charge in [0.15, 0.2) is 0 Å². The Morgan fingerprint density at radius 1 is 1.44 bits per heavy atom. The van der Waals surface area contributed by atoms with Gasteiger partial charge in [0.25, 0.3) is 0 Å². The molecule has 0 aromatic rings. The van der Waals surface area contributed by atoms with Crippen molar-refractivity contribution < 1.29 is 14.7 Å². The van der Waals surface area contributed by atoms with E-state index in [1.54, 1.807) is 6.92 Å². The number of carbonyl (C=O) groups excluding carboxylic acids is 1. The third-order valence-corrected chi connectivity index (χ3v) is 3.52. The van der Waals surface area contributed by atoms with Crippen LogP contribution in [0.5, 0.6) is 0 Å². The van der Waals surface area contributed by atoms with Crippen molar-refractivity contribution in [2.45, 2.75) is 26.7 Å². The summed E-state index contributed by atoms with van der Waals surface area (Å²) in [6.07, 6.45) is 1.16. The molecule has 3 unspecified atom stereocenters. The highest BCUT2D eigenvalue weighted by atomic mass is 16.4. The summed E-state index contributed by atoms with van der Waals surface area (Å²) in [5.74, 6) is -1.27. The first-order chi connectivity index (χ1) is 7.34. The van der Waals surface area contributed by atoms with Crippen LogP contribution in [0, 0.1) is 17.8 Å². The lowest BCUT2D eigenvalue weighted by molar-refractivity contribution is -0.134. The van der Waals surface area contributed by atoms with E-state index in [0.29, 0.717) is 12.8 Å². The van der Waals surface area contributed by atoms with Gasteiger partial charge in [-0.3, -0.25) is 4.79 Å². The first kappa shape index (κ1) is 12.7. The van der Waals surface area contributed by atoms with Gasteiger partial charge in [0, 0.05) is 23.8 Å². The Kier molecular flexibility index (Phi) is 3.68. The SMILES string of the molecule is C=C(C)C1CC(=O)C(C)C(C(=C)C(=O)O)C1. The Balaban J connectivity index is 2.90. The normalized spacial score (nSPS) is 29.9. The lowest BCUT2D eigenvalue weighted by atomic mass is 9.69. The zero-order valence-electron chi connectivity index (χ0n) is 9.82. The molecule has 0 spiro atoms. The zero-order chi connectivity index (χ0) is 12.5. The number of hydrogen-bond acceptors (Lipinski definition) is 2. The highest BCUT2D eigenvalue weighted by molar-refractivity contribution is 5.90. The molecule has 88 valence electrons. The molecule has 0 saturated heterocycles. The molecule has 0 bridgehead atoms. The molecule has 3 heteroatoms. The highest BCUT2D eigenvalue weighted by Crippen LogP contribution is 2.38. The van der Waals surface area contributed by atoms with Crippen LogP contribution in [0.1, 0.15) is 26.7 Å². The average Bonchev–Trinajstić information content (AvgIpc) is 2.20. The monoisotopic (exact) mass is 222 g/mol. The first-order valence-electron chi connectivity index (χ1n) is 5.44. The van der Waals surface area contributed by atoms with Crippen molar-refractivity contribution >= 4 is 11.8 Å². The number of rotatable bonds is 3. The van der Waals surface area contributed by atoms with Gasteiger partial charge in [0.05, 0.1) is 0 Å². The standard InChI is InChI=1S/C13H18O3/c1-7(2)10-5-11(9(4)13(15)16)8(3)12(14)6-10/h8,10-11H,1,4-6H2,2-3H3,(H,15,16). The largest absolute Gasteiger partial charge is 0.478 e. The van der Waals surface area contributed by atoms with Crippen molar-refractivity contribution in [3.8, 4) is 0 Å². The third-order valence-electron chi connectivity index (χ3n) is 3.52. The van der Waals surface area contributed by atoms with E-state index in [1.807, 2.05) is 6.92 Å². The van der Waals surface area contributed by atoms with E-state index in [1.165, 1.54) is 0 Å². The van der Waals surface area contributed by atoms with Crippen LogP contribution >= 0.6 is 0 Å². The first-order valence-corrected chi connectivity index (χ1v) is 5.44. The Bertz CT molecular complexity index is 354. The predicted molar refractivity (Wildman–Crippen MR) is 62.0 cm³/mol. The number of carboxylic acid groups (broad SMARTS) is 1. The van der Waals surface area contributed by atoms with Crippen molar-refractivity contribution in [2.75, 3.05) is 0 Å². The van der Waals surface area contributed by atoms with Crippen molar-refractivity contribution in [2.24, 2.45) is 17.8 Å². The molecule has 3 nitrogen and oxygen atoms in total. The molecule has 0 heterocycles. The molecule has 16 heavy (non-hydrogen) atoms. The van der Waals surface area contributed by atoms with E-state index >= 15 is 0 Å². The number of ketones is 1. The number of carbonyl (C=O) groups is 2. The van der Waals surface area contributed by atoms with E-state index in [0.717, 1.165) is 5.57 Å². The maximum atomic E-state index is 11.8. The van der Waals surface area contributed by atoms with E-state index in [2.05, 4.69) is 13.2 Å². The summed E-state index contributed by atoms with van der Waals surface area (Å²) in [4.78, 5) is 22.7. The third kappa shape index (κ3) is 2.40.